The molecule has 1 aliphatic rings. The number of hydrogen-bond acceptors (Lipinski definition) is 8. The number of nitrogen functional groups attached to an aromatic ring is 1. The van der Waals surface area contributed by atoms with Gasteiger partial charge in [-0.3, -0.25) is 19.1 Å². The fraction of sp³-hybridized carbons (Fsp3) is 0.385. The van der Waals surface area contributed by atoms with Gasteiger partial charge in [0, 0.05) is 55.9 Å². The molecule has 0 bridgehead atoms. The van der Waals surface area contributed by atoms with E-state index in [1.807, 2.05) is 11.8 Å². The van der Waals surface area contributed by atoms with Crippen LogP contribution in [0.25, 0.3) is 22.2 Å². The second kappa shape index (κ2) is 12.0. The molecule has 202 valence electrons. The molecule has 1 aliphatic heterocycles. The van der Waals surface area contributed by atoms with E-state index in [-0.39, 0.29) is 33.0 Å². The van der Waals surface area contributed by atoms with Crippen LogP contribution in [0.5, 0.6) is 11.5 Å². The molecule has 3 aromatic rings. The lowest BCUT2D eigenvalue weighted by atomic mass is 10.0. The Morgan fingerprint density at radius 3 is 2.34 bits per heavy atom. The molecule has 1 saturated heterocycles. The van der Waals surface area contributed by atoms with Crippen LogP contribution in [0.3, 0.4) is 0 Å². The first-order valence-corrected chi connectivity index (χ1v) is 12.9. The van der Waals surface area contributed by atoms with E-state index in [1.165, 1.54) is 14.2 Å². The van der Waals surface area contributed by atoms with Gasteiger partial charge in [0.25, 0.3) is 5.56 Å². The number of nitrogens with zero attached hydrogens (tertiary/aromatic N) is 5. The van der Waals surface area contributed by atoms with Crippen molar-refractivity contribution >= 4 is 46.1 Å². The number of amides is 1. The fourth-order valence-electron chi connectivity index (χ4n) is 4.57. The molecule has 1 aromatic carbocycles. The van der Waals surface area contributed by atoms with Crippen molar-refractivity contribution in [3.8, 4) is 22.6 Å². The predicted molar refractivity (Wildman–Crippen MR) is 149 cm³/mol. The number of carbonyl (C=O) groups is 1. The van der Waals surface area contributed by atoms with Crippen LogP contribution in [-0.2, 0) is 11.3 Å². The van der Waals surface area contributed by atoms with Gasteiger partial charge in [-0.15, -0.1) is 0 Å². The maximum Gasteiger partial charge on any atom is 0.260 e. The number of fused-ring (bicyclic) bond motifs is 1. The first-order chi connectivity index (χ1) is 18.3. The maximum atomic E-state index is 13.9. The minimum absolute atomic E-state index is 0.0331. The number of ether oxygens (including phenoxy) is 2. The van der Waals surface area contributed by atoms with Crippen LogP contribution in [0.1, 0.15) is 13.3 Å². The number of benzene rings is 1. The third kappa shape index (κ3) is 5.57. The first-order valence-electron chi connectivity index (χ1n) is 12.2. The number of piperazine rings is 1. The Morgan fingerprint density at radius 2 is 1.74 bits per heavy atom. The Balaban J connectivity index is 1.65. The summed E-state index contributed by atoms with van der Waals surface area (Å²) in [5.74, 6) is 0.759. The number of hydrogen-bond donors (Lipinski definition) is 1. The molecule has 0 unspecified atom stereocenters. The Hall–Kier alpha value is -3.34. The molecule has 0 aliphatic carbocycles. The zero-order valence-electron chi connectivity index (χ0n) is 21.5. The summed E-state index contributed by atoms with van der Waals surface area (Å²) in [7, 11) is 2.95. The van der Waals surface area contributed by atoms with Crippen LogP contribution in [0.2, 0.25) is 10.0 Å². The van der Waals surface area contributed by atoms with Gasteiger partial charge < -0.3 is 20.1 Å². The SMILES string of the molecule is CC=CC(=O)N1CCN(CCCn2c(=O)c(-c3c(Cl)c(OC)cc(OC)c3Cl)cc3cnc(N)nc32)CC1. The van der Waals surface area contributed by atoms with Gasteiger partial charge in [-0.2, -0.15) is 4.98 Å². The second-order valence-corrected chi connectivity index (χ2v) is 9.58. The lowest BCUT2D eigenvalue weighted by Crippen LogP contribution is -2.48. The summed E-state index contributed by atoms with van der Waals surface area (Å²) in [6, 6.07) is 3.23. The van der Waals surface area contributed by atoms with E-state index in [9.17, 15) is 9.59 Å². The van der Waals surface area contributed by atoms with Crippen molar-refractivity contribution in [2.45, 2.75) is 19.9 Å². The lowest BCUT2D eigenvalue weighted by molar-refractivity contribution is -0.127. The van der Waals surface area contributed by atoms with Crippen molar-refractivity contribution in [2.75, 3.05) is 52.7 Å². The normalized spacial score (nSPS) is 14.4. The molecule has 2 N–H and O–H groups in total. The summed E-state index contributed by atoms with van der Waals surface area (Å²) < 4.78 is 12.4. The summed E-state index contributed by atoms with van der Waals surface area (Å²) in [6.45, 7) is 5.83. The number of nitrogens with two attached hydrogens (primary N) is 1. The summed E-state index contributed by atoms with van der Waals surface area (Å²) in [5.41, 5.74) is 6.55. The summed E-state index contributed by atoms with van der Waals surface area (Å²) in [6.07, 6.45) is 5.58. The topological polar surface area (TPSA) is 116 Å². The highest BCUT2D eigenvalue weighted by Crippen LogP contribution is 2.45. The van der Waals surface area contributed by atoms with Crippen LogP contribution in [0, 0.1) is 0 Å². The molecular weight excluding hydrogens is 531 g/mol. The van der Waals surface area contributed by atoms with Gasteiger partial charge in [0.15, 0.2) is 0 Å². The van der Waals surface area contributed by atoms with E-state index in [1.54, 1.807) is 35.0 Å². The van der Waals surface area contributed by atoms with Crippen LogP contribution < -0.4 is 20.8 Å². The van der Waals surface area contributed by atoms with Crippen LogP contribution in [0.4, 0.5) is 5.95 Å². The molecule has 1 fully saturated rings. The quantitative estimate of drug-likeness (QED) is 0.416. The van der Waals surface area contributed by atoms with Crippen LogP contribution >= 0.6 is 23.2 Å². The maximum absolute atomic E-state index is 13.9. The van der Waals surface area contributed by atoms with Crippen molar-refractivity contribution < 1.29 is 14.3 Å². The van der Waals surface area contributed by atoms with E-state index in [2.05, 4.69) is 14.9 Å². The van der Waals surface area contributed by atoms with Crippen molar-refractivity contribution in [3.63, 3.8) is 0 Å². The summed E-state index contributed by atoms with van der Waals surface area (Å²) in [4.78, 5) is 38.5. The van der Waals surface area contributed by atoms with E-state index >= 15 is 0 Å². The van der Waals surface area contributed by atoms with Crippen molar-refractivity contribution in [3.05, 3.63) is 50.9 Å². The molecule has 0 radical (unpaired) electrons. The van der Waals surface area contributed by atoms with Gasteiger partial charge in [-0.25, -0.2) is 4.98 Å². The van der Waals surface area contributed by atoms with E-state index in [0.717, 1.165) is 19.6 Å². The van der Waals surface area contributed by atoms with E-state index in [0.29, 0.717) is 54.2 Å². The zero-order chi connectivity index (χ0) is 27.4. The molecular formula is C26H30Cl2N6O4. The molecule has 12 heteroatoms. The fourth-order valence-corrected chi connectivity index (χ4v) is 5.28. The number of methoxy groups -OCH3 is 2. The molecule has 3 heterocycles. The molecule has 10 nitrogen and oxygen atoms in total. The van der Waals surface area contributed by atoms with Gasteiger partial charge >= 0.3 is 0 Å². The minimum atomic E-state index is -0.323. The van der Waals surface area contributed by atoms with Crippen LogP contribution in [-0.4, -0.2) is 77.2 Å². The molecule has 0 atom stereocenters. The Kier molecular flexibility index (Phi) is 8.76. The molecule has 38 heavy (non-hydrogen) atoms. The van der Waals surface area contributed by atoms with Gasteiger partial charge in [-0.05, 0) is 32.0 Å². The predicted octanol–water partition coefficient (Wildman–Crippen LogP) is 3.48. The molecule has 0 spiro atoms. The van der Waals surface area contributed by atoms with Crippen molar-refractivity contribution in [2.24, 2.45) is 0 Å². The average Bonchev–Trinajstić information content (AvgIpc) is 2.91. The van der Waals surface area contributed by atoms with E-state index in [4.69, 9.17) is 38.4 Å². The second-order valence-electron chi connectivity index (χ2n) is 8.83. The summed E-state index contributed by atoms with van der Waals surface area (Å²) >= 11 is 13.3. The van der Waals surface area contributed by atoms with E-state index < -0.39 is 0 Å². The zero-order valence-corrected chi connectivity index (χ0v) is 23.1. The largest absolute Gasteiger partial charge is 0.495 e. The average molecular weight is 561 g/mol. The number of aryl methyl sites for hydroxylation is 1. The Labute approximate surface area is 230 Å². The Morgan fingerprint density at radius 1 is 1.08 bits per heavy atom. The Bertz CT molecular complexity index is 1410. The standard InChI is InChI=1S/C26H30Cl2N6O4/c1-4-6-20(35)33-11-9-32(10-12-33)7-5-8-34-24-16(15-30-26(29)31-24)13-17(25(34)36)21-22(27)18(37-2)14-19(38-3)23(21)28/h4,6,13-15H,5,7-12H2,1-3H3,(H2,29,30,31). The van der Waals surface area contributed by atoms with Crippen molar-refractivity contribution in [1.29, 1.82) is 0 Å². The summed E-state index contributed by atoms with van der Waals surface area (Å²) in [5, 5.41) is 1.00. The third-order valence-electron chi connectivity index (χ3n) is 6.54. The minimum Gasteiger partial charge on any atom is -0.495 e. The number of aromatic nitrogens is 3. The molecule has 4 rings (SSSR count). The highest BCUT2D eigenvalue weighted by Gasteiger charge is 2.24. The number of carbonyl (C=O) groups excluding carboxylic acids is 1. The van der Waals surface area contributed by atoms with Gasteiger partial charge in [-0.1, -0.05) is 29.3 Å². The molecule has 2 aromatic heterocycles. The number of anilines is 1. The lowest BCUT2D eigenvalue weighted by Gasteiger charge is -2.34. The smallest absolute Gasteiger partial charge is 0.260 e. The number of pyridine rings is 1. The van der Waals surface area contributed by atoms with Gasteiger partial charge in [0.1, 0.15) is 17.1 Å². The number of allylic oxidation sites excluding steroid dienone is 1. The van der Waals surface area contributed by atoms with Gasteiger partial charge in [0.2, 0.25) is 11.9 Å². The van der Waals surface area contributed by atoms with Crippen LogP contribution in [0.15, 0.2) is 35.3 Å². The monoisotopic (exact) mass is 560 g/mol. The highest BCUT2D eigenvalue weighted by atomic mass is 35.5. The molecule has 0 saturated carbocycles. The van der Waals surface area contributed by atoms with Crippen molar-refractivity contribution in [1.82, 2.24) is 24.3 Å². The molecule has 1 amide bonds. The third-order valence-corrected chi connectivity index (χ3v) is 7.29. The van der Waals surface area contributed by atoms with Gasteiger partial charge in [0.05, 0.1) is 29.8 Å². The number of halogens is 2. The highest BCUT2D eigenvalue weighted by molar-refractivity contribution is 6.41. The number of rotatable bonds is 8. The first kappa shape index (κ1) is 27.7.